The molecule has 2 rings (SSSR count). The van der Waals surface area contributed by atoms with Gasteiger partial charge in [0, 0.05) is 18.9 Å². The van der Waals surface area contributed by atoms with Crippen LogP contribution in [0.15, 0.2) is 24.3 Å². The lowest BCUT2D eigenvalue weighted by Gasteiger charge is -2.09. The first-order valence-corrected chi connectivity index (χ1v) is 7.00. The van der Waals surface area contributed by atoms with E-state index in [4.69, 9.17) is 9.47 Å². The Bertz CT molecular complexity index is 439. The summed E-state index contributed by atoms with van der Waals surface area (Å²) in [5.41, 5.74) is 0.748. The summed E-state index contributed by atoms with van der Waals surface area (Å²) in [5, 5.41) is 6.02. The molecular weight excluding hydrogens is 292 g/mol. The molecular formula is C15H23ClN2O3. The minimum absolute atomic E-state index is 0. The Labute approximate surface area is 131 Å². The van der Waals surface area contributed by atoms with Crippen LogP contribution in [0.25, 0.3) is 0 Å². The maximum absolute atomic E-state index is 11.8. The molecule has 0 aliphatic heterocycles. The zero-order valence-corrected chi connectivity index (χ0v) is 13.1. The fourth-order valence-corrected chi connectivity index (χ4v) is 1.82. The molecule has 2 N–H and O–H groups in total. The Balaban J connectivity index is 0.00000220. The van der Waals surface area contributed by atoms with E-state index in [1.54, 1.807) is 7.11 Å². The second kappa shape index (κ2) is 9.60. The van der Waals surface area contributed by atoms with E-state index in [9.17, 15) is 4.79 Å². The molecule has 1 amide bonds. The van der Waals surface area contributed by atoms with E-state index in [0.29, 0.717) is 19.8 Å². The van der Waals surface area contributed by atoms with E-state index in [1.165, 1.54) is 12.8 Å². The summed E-state index contributed by atoms with van der Waals surface area (Å²) in [6.07, 6.45) is 2.57. The quantitative estimate of drug-likeness (QED) is 0.685. The summed E-state index contributed by atoms with van der Waals surface area (Å²) in [6, 6.07) is 7.38. The number of hydrogen-bond acceptors (Lipinski definition) is 4. The largest absolute Gasteiger partial charge is 0.491 e. The monoisotopic (exact) mass is 314 g/mol. The van der Waals surface area contributed by atoms with Gasteiger partial charge in [0.05, 0.1) is 13.2 Å². The minimum Gasteiger partial charge on any atom is -0.491 e. The van der Waals surface area contributed by atoms with E-state index >= 15 is 0 Å². The lowest BCUT2D eigenvalue weighted by atomic mass is 10.3. The molecule has 0 atom stereocenters. The predicted octanol–water partition coefficient (Wildman–Crippen LogP) is 2.07. The van der Waals surface area contributed by atoms with Gasteiger partial charge in [0.15, 0.2) is 0 Å². The molecule has 0 saturated heterocycles. The van der Waals surface area contributed by atoms with Crippen LogP contribution in [0.1, 0.15) is 12.8 Å². The average molecular weight is 315 g/mol. The third kappa shape index (κ3) is 7.32. The van der Waals surface area contributed by atoms with Gasteiger partial charge in [0.25, 0.3) is 0 Å². The molecule has 0 radical (unpaired) electrons. The maximum Gasteiger partial charge on any atom is 0.238 e. The third-order valence-electron chi connectivity index (χ3n) is 3.09. The Morgan fingerprint density at radius 3 is 2.86 bits per heavy atom. The molecule has 5 nitrogen and oxygen atoms in total. The van der Waals surface area contributed by atoms with Crippen molar-refractivity contribution >= 4 is 24.0 Å². The van der Waals surface area contributed by atoms with Crippen LogP contribution in [0.5, 0.6) is 5.75 Å². The molecule has 1 saturated carbocycles. The first kappa shape index (κ1) is 17.8. The van der Waals surface area contributed by atoms with Gasteiger partial charge in [0.2, 0.25) is 5.91 Å². The van der Waals surface area contributed by atoms with Crippen molar-refractivity contribution < 1.29 is 14.3 Å². The van der Waals surface area contributed by atoms with Crippen LogP contribution < -0.4 is 15.4 Å². The maximum atomic E-state index is 11.8. The topological polar surface area (TPSA) is 59.6 Å². The molecule has 1 fully saturated rings. The molecule has 0 spiro atoms. The van der Waals surface area contributed by atoms with Crippen LogP contribution >= 0.6 is 12.4 Å². The highest BCUT2D eigenvalue weighted by Gasteiger charge is 2.20. The molecule has 6 heteroatoms. The first-order chi connectivity index (χ1) is 9.78. The van der Waals surface area contributed by atoms with Crippen molar-refractivity contribution in [1.29, 1.82) is 0 Å². The number of anilines is 1. The molecule has 0 unspecified atom stereocenters. The lowest BCUT2D eigenvalue weighted by Crippen LogP contribution is -2.29. The van der Waals surface area contributed by atoms with Gasteiger partial charge in [0.1, 0.15) is 12.4 Å². The normalized spacial score (nSPS) is 13.4. The predicted molar refractivity (Wildman–Crippen MR) is 85.3 cm³/mol. The Morgan fingerprint density at radius 1 is 1.33 bits per heavy atom. The standard InChI is InChI=1S/C15H22N2O3.ClH/c1-19-7-8-20-14-4-2-3-13(9-14)17-15(18)11-16-10-12-5-6-12;/h2-4,9,12,16H,5-8,10-11H2,1H3,(H,17,18);1H. The van der Waals surface area contributed by atoms with Crippen molar-refractivity contribution in [2.24, 2.45) is 5.92 Å². The van der Waals surface area contributed by atoms with Gasteiger partial charge in [-0.15, -0.1) is 12.4 Å². The van der Waals surface area contributed by atoms with E-state index in [-0.39, 0.29) is 18.3 Å². The third-order valence-corrected chi connectivity index (χ3v) is 3.09. The zero-order chi connectivity index (χ0) is 14.2. The smallest absolute Gasteiger partial charge is 0.238 e. The van der Waals surface area contributed by atoms with Crippen LogP contribution in [0.3, 0.4) is 0 Å². The number of carbonyl (C=O) groups excluding carboxylic acids is 1. The molecule has 1 aromatic carbocycles. The van der Waals surface area contributed by atoms with E-state index in [2.05, 4.69) is 10.6 Å². The number of benzene rings is 1. The van der Waals surface area contributed by atoms with Crippen LogP contribution in [-0.2, 0) is 9.53 Å². The summed E-state index contributed by atoms with van der Waals surface area (Å²) < 4.78 is 10.4. The highest BCUT2D eigenvalue weighted by Crippen LogP contribution is 2.27. The molecule has 118 valence electrons. The van der Waals surface area contributed by atoms with Gasteiger partial charge in [-0.2, -0.15) is 0 Å². The highest BCUT2D eigenvalue weighted by atomic mass is 35.5. The van der Waals surface area contributed by atoms with Gasteiger partial charge in [-0.1, -0.05) is 6.07 Å². The minimum atomic E-state index is -0.0281. The number of carbonyl (C=O) groups is 1. The number of ether oxygens (including phenoxy) is 2. The van der Waals surface area contributed by atoms with E-state index in [1.807, 2.05) is 24.3 Å². The SMILES string of the molecule is COCCOc1cccc(NC(=O)CNCC2CC2)c1.Cl. The zero-order valence-electron chi connectivity index (χ0n) is 12.3. The Morgan fingerprint density at radius 2 is 2.14 bits per heavy atom. The van der Waals surface area contributed by atoms with Crippen molar-refractivity contribution in [3.63, 3.8) is 0 Å². The van der Waals surface area contributed by atoms with Crippen LogP contribution in [0, 0.1) is 5.92 Å². The molecule has 21 heavy (non-hydrogen) atoms. The summed E-state index contributed by atoms with van der Waals surface area (Å²) in [6.45, 7) is 2.33. The van der Waals surface area contributed by atoms with Gasteiger partial charge in [-0.25, -0.2) is 0 Å². The second-order valence-corrected chi connectivity index (χ2v) is 4.99. The van der Waals surface area contributed by atoms with Crippen LogP contribution in [0.2, 0.25) is 0 Å². The summed E-state index contributed by atoms with van der Waals surface area (Å²) >= 11 is 0. The number of amides is 1. The van der Waals surface area contributed by atoms with E-state index in [0.717, 1.165) is 23.9 Å². The van der Waals surface area contributed by atoms with Crippen LogP contribution in [-0.4, -0.2) is 39.3 Å². The fraction of sp³-hybridized carbons (Fsp3) is 0.533. The van der Waals surface area contributed by atoms with Gasteiger partial charge in [-0.05, 0) is 37.4 Å². The second-order valence-electron chi connectivity index (χ2n) is 4.99. The first-order valence-electron chi connectivity index (χ1n) is 7.00. The van der Waals surface area contributed by atoms with Crippen molar-refractivity contribution in [3.05, 3.63) is 24.3 Å². The summed E-state index contributed by atoms with van der Waals surface area (Å²) in [4.78, 5) is 11.8. The highest BCUT2D eigenvalue weighted by molar-refractivity contribution is 5.92. The van der Waals surface area contributed by atoms with Crippen molar-refractivity contribution in [1.82, 2.24) is 5.32 Å². The number of nitrogens with one attached hydrogen (secondary N) is 2. The lowest BCUT2D eigenvalue weighted by molar-refractivity contribution is -0.115. The average Bonchev–Trinajstić information content (AvgIpc) is 3.24. The molecule has 1 aromatic rings. The van der Waals surface area contributed by atoms with Gasteiger partial charge < -0.3 is 20.1 Å². The number of rotatable bonds is 9. The number of methoxy groups -OCH3 is 1. The molecule has 1 aliphatic carbocycles. The van der Waals surface area contributed by atoms with E-state index < -0.39 is 0 Å². The number of halogens is 1. The molecule has 0 bridgehead atoms. The van der Waals surface area contributed by atoms with Crippen molar-refractivity contribution in [2.75, 3.05) is 38.7 Å². The Hall–Kier alpha value is -1.30. The molecule has 0 heterocycles. The van der Waals surface area contributed by atoms with Crippen molar-refractivity contribution in [3.8, 4) is 5.75 Å². The van der Waals surface area contributed by atoms with Gasteiger partial charge in [-0.3, -0.25) is 4.79 Å². The summed E-state index contributed by atoms with van der Waals surface area (Å²) in [5.74, 6) is 1.48. The van der Waals surface area contributed by atoms with Crippen LogP contribution in [0.4, 0.5) is 5.69 Å². The Kier molecular flexibility index (Phi) is 8.12. The number of hydrogen-bond donors (Lipinski definition) is 2. The van der Waals surface area contributed by atoms with Gasteiger partial charge >= 0.3 is 0 Å². The van der Waals surface area contributed by atoms with Crippen molar-refractivity contribution in [2.45, 2.75) is 12.8 Å². The molecule has 0 aromatic heterocycles. The summed E-state index contributed by atoms with van der Waals surface area (Å²) in [7, 11) is 1.63. The molecule has 1 aliphatic rings. The fourth-order valence-electron chi connectivity index (χ4n) is 1.82.